The van der Waals surface area contributed by atoms with Gasteiger partial charge in [0.05, 0.1) is 22.9 Å². The van der Waals surface area contributed by atoms with Crippen LogP contribution in [0.15, 0.2) is 36.4 Å². The van der Waals surface area contributed by atoms with Crippen molar-refractivity contribution in [2.45, 2.75) is 45.3 Å². The Morgan fingerprint density at radius 1 is 1.16 bits per heavy atom. The lowest BCUT2D eigenvalue weighted by molar-refractivity contribution is -0.141. The third kappa shape index (κ3) is 4.25. The predicted octanol–water partition coefficient (Wildman–Crippen LogP) is 3.41. The Morgan fingerprint density at radius 2 is 2.00 bits per heavy atom. The first-order valence-corrected chi connectivity index (χ1v) is 13.4. The van der Waals surface area contributed by atoms with Crippen LogP contribution in [0.3, 0.4) is 0 Å². The molecule has 0 bridgehead atoms. The van der Waals surface area contributed by atoms with E-state index in [-0.39, 0.29) is 23.7 Å². The summed E-state index contributed by atoms with van der Waals surface area (Å²) in [5, 5.41) is 18.7. The van der Waals surface area contributed by atoms with E-state index in [4.69, 9.17) is 4.98 Å². The molecule has 4 heterocycles. The van der Waals surface area contributed by atoms with Crippen molar-refractivity contribution in [2.75, 3.05) is 33.7 Å². The number of H-pyrrole nitrogens is 2. The molecule has 9 heteroatoms. The fourth-order valence-electron chi connectivity index (χ4n) is 6.01. The van der Waals surface area contributed by atoms with Crippen LogP contribution in [0.5, 0.6) is 5.75 Å². The number of phenolic OH excluding ortho intramolecular Hbond substituents is 1. The molecule has 198 valence electrons. The minimum absolute atomic E-state index is 0.196. The smallest absolute Gasteiger partial charge is 0.240 e. The normalized spacial score (nSPS) is 20.7. The number of rotatable bonds is 4. The zero-order valence-corrected chi connectivity index (χ0v) is 22.5. The van der Waals surface area contributed by atoms with E-state index in [0.717, 1.165) is 76.6 Å². The van der Waals surface area contributed by atoms with Gasteiger partial charge in [-0.25, -0.2) is 4.98 Å². The number of aryl methyl sites for hydroxylation is 1. The number of hydrogen-bond donors (Lipinski definition) is 3. The largest absolute Gasteiger partial charge is 0.508 e. The van der Waals surface area contributed by atoms with Crippen LogP contribution >= 0.6 is 0 Å². The van der Waals surface area contributed by atoms with Gasteiger partial charge in [0.15, 0.2) is 5.82 Å². The molecule has 2 atom stereocenters. The van der Waals surface area contributed by atoms with Crippen molar-refractivity contribution in [1.82, 2.24) is 34.9 Å². The molecule has 0 radical (unpaired) electrons. The number of nitrogens with zero attached hydrogens (tertiary/aromatic N) is 5. The maximum Gasteiger partial charge on any atom is 0.240 e. The van der Waals surface area contributed by atoms with Crippen LogP contribution in [-0.2, 0) is 24.2 Å². The number of amides is 1. The third-order valence-corrected chi connectivity index (χ3v) is 8.16. The molecule has 9 nitrogen and oxygen atoms in total. The number of fused-ring (bicyclic) bond motifs is 2. The molecule has 4 aromatic rings. The maximum atomic E-state index is 13.5. The monoisotopic (exact) mass is 513 g/mol. The minimum Gasteiger partial charge on any atom is -0.508 e. The quantitative estimate of drug-likeness (QED) is 0.386. The first-order valence-electron chi connectivity index (χ1n) is 13.4. The second-order valence-electron chi connectivity index (χ2n) is 10.8. The third-order valence-electron chi connectivity index (χ3n) is 8.16. The highest BCUT2D eigenvalue weighted by atomic mass is 16.3. The Morgan fingerprint density at radius 3 is 2.79 bits per heavy atom. The average Bonchev–Trinajstić information content (AvgIpc) is 3.50. The number of imidazole rings is 1. The summed E-state index contributed by atoms with van der Waals surface area (Å²) in [4.78, 5) is 28.4. The van der Waals surface area contributed by atoms with Gasteiger partial charge in [-0.15, -0.1) is 0 Å². The number of aromatic nitrogens is 4. The predicted molar refractivity (Wildman–Crippen MR) is 148 cm³/mol. The van der Waals surface area contributed by atoms with Crippen molar-refractivity contribution < 1.29 is 9.90 Å². The molecule has 2 aromatic carbocycles. The number of nitrogens with one attached hydrogen (secondary N) is 2. The fraction of sp³-hybridized carbons (Fsp3) is 0.414. The first-order chi connectivity index (χ1) is 18.3. The van der Waals surface area contributed by atoms with Gasteiger partial charge in [0, 0.05) is 44.0 Å². The van der Waals surface area contributed by atoms with Crippen LogP contribution < -0.4 is 0 Å². The van der Waals surface area contributed by atoms with Crippen molar-refractivity contribution in [3.05, 3.63) is 53.3 Å². The number of piperazine rings is 1. The maximum absolute atomic E-state index is 13.5. The topological polar surface area (TPSA) is 104 Å². The van der Waals surface area contributed by atoms with E-state index in [0.29, 0.717) is 13.0 Å². The molecule has 1 amide bonds. The number of hydrogen-bond acceptors (Lipinski definition) is 6. The Labute approximate surface area is 222 Å². The van der Waals surface area contributed by atoms with Gasteiger partial charge in [-0.3, -0.25) is 14.8 Å². The number of carbonyl (C=O) groups excluding carboxylic acids is 1. The highest BCUT2D eigenvalue weighted by Gasteiger charge is 2.37. The van der Waals surface area contributed by atoms with Crippen LogP contribution in [0.2, 0.25) is 0 Å². The van der Waals surface area contributed by atoms with Gasteiger partial charge < -0.3 is 19.9 Å². The molecule has 2 aliphatic heterocycles. The van der Waals surface area contributed by atoms with Gasteiger partial charge in [0.25, 0.3) is 0 Å². The number of likely N-dealkylation sites (N-methyl/N-ethyl adjacent to an activating group) is 2. The van der Waals surface area contributed by atoms with Crippen molar-refractivity contribution in [2.24, 2.45) is 0 Å². The summed E-state index contributed by atoms with van der Waals surface area (Å²) in [5.74, 6) is 1.20. The summed E-state index contributed by atoms with van der Waals surface area (Å²) in [6, 6.07) is 11.8. The molecule has 2 aromatic heterocycles. The van der Waals surface area contributed by atoms with Gasteiger partial charge in [-0.1, -0.05) is 19.1 Å². The van der Waals surface area contributed by atoms with E-state index in [1.54, 1.807) is 6.07 Å². The minimum atomic E-state index is -0.207. The summed E-state index contributed by atoms with van der Waals surface area (Å²) in [6.45, 7) is 7.45. The van der Waals surface area contributed by atoms with E-state index < -0.39 is 0 Å². The second-order valence-corrected chi connectivity index (χ2v) is 10.8. The molecule has 38 heavy (non-hydrogen) atoms. The van der Waals surface area contributed by atoms with Crippen LogP contribution in [-0.4, -0.2) is 91.7 Å². The van der Waals surface area contributed by atoms with Crippen LogP contribution in [0.25, 0.3) is 33.5 Å². The standard InChI is InChI=1S/C29H35N7O2/c1-5-18-12-20(37)7-9-21(18)19-6-8-22-23(13-19)32-33-27(22)28-30-24-14-26(35(4)16-25(24)31-28)29(38)36-11-10-34(3)15-17(36)2/h6-9,12-13,17,26,37H,5,10-11,14-16H2,1-4H3,(H,30,31)(H,32,33)/t17?,26-/m0/s1. The number of carbonyl (C=O) groups is 1. The van der Waals surface area contributed by atoms with Crippen molar-refractivity contribution in [3.63, 3.8) is 0 Å². The van der Waals surface area contributed by atoms with Crippen molar-refractivity contribution >= 4 is 16.8 Å². The summed E-state index contributed by atoms with van der Waals surface area (Å²) in [5.41, 5.74) is 6.97. The molecule has 3 N–H and O–H groups in total. The lowest BCUT2D eigenvalue weighted by Crippen LogP contribution is -2.58. The van der Waals surface area contributed by atoms with Crippen molar-refractivity contribution in [3.8, 4) is 28.4 Å². The zero-order valence-electron chi connectivity index (χ0n) is 22.5. The number of aromatic amines is 2. The Bertz CT molecular complexity index is 1510. The van der Waals surface area contributed by atoms with Crippen LogP contribution in [0.1, 0.15) is 30.8 Å². The van der Waals surface area contributed by atoms with Gasteiger partial charge in [0.2, 0.25) is 5.91 Å². The fourth-order valence-corrected chi connectivity index (χ4v) is 6.01. The summed E-state index contributed by atoms with van der Waals surface area (Å²) in [6.07, 6.45) is 1.42. The molecule has 1 unspecified atom stereocenters. The lowest BCUT2D eigenvalue weighted by atomic mass is 9.97. The molecule has 1 saturated heterocycles. The molecule has 6 rings (SSSR count). The van der Waals surface area contributed by atoms with Crippen LogP contribution in [0.4, 0.5) is 0 Å². The number of aromatic hydroxyl groups is 1. The molecular formula is C29H35N7O2. The lowest BCUT2D eigenvalue weighted by Gasteiger charge is -2.42. The molecule has 1 fully saturated rings. The summed E-state index contributed by atoms with van der Waals surface area (Å²) >= 11 is 0. The van der Waals surface area contributed by atoms with Crippen molar-refractivity contribution in [1.29, 1.82) is 0 Å². The van der Waals surface area contributed by atoms with Gasteiger partial charge in [0.1, 0.15) is 11.4 Å². The summed E-state index contributed by atoms with van der Waals surface area (Å²) in [7, 11) is 4.13. The Hall–Kier alpha value is -3.69. The average molecular weight is 514 g/mol. The molecule has 0 aliphatic carbocycles. The first kappa shape index (κ1) is 24.6. The van der Waals surface area contributed by atoms with Crippen LogP contribution in [0, 0.1) is 0 Å². The molecule has 0 saturated carbocycles. The summed E-state index contributed by atoms with van der Waals surface area (Å²) < 4.78 is 0. The van der Waals surface area contributed by atoms with E-state index in [1.807, 2.05) is 24.1 Å². The second kappa shape index (κ2) is 9.56. The van der Waals surface area contributed by atoms with E-state index >= 15 is 0 Å². The van der Waals surface area contributed by atoms with Gasteiger partial charge >= 0.3 is 0 Å². The molecule has 0 spiro atoms. The van der Waals surface area contributed by atoms with E-state index in [9.17, 15) is 9.90 Å². The highest BCUT2D eigenvalue weighted by molar-refractivity contribution is 5.94. The number of benzene rings is 2. The SMILES string of the molecule is CCc1cc(O)ccc1-c1ccc2c(-c3nc4c([nH]3)CN(C)[C@H](C(=O)N3CCN(C)CC3C)C4)n[nH]c2c1. The highest BCUT2D eigenvalue weighted by Crippen LogP contribution is 2.33. The Balaban J connectivity index is 1.27. The van der Waals surface area contributed by atoms with Gasteiger partial charge in [-0.2, -0.15) is 5.10 Å². The molecule has 2 aliphatic rings. The van der Waals surface area contributed by atoms with E-state index in [1.165, 1.54) is 0 Å². The Kier molecular flexibility index (Phi) is 6.20. The van der Waals surface area contributed by atoms with E-state index in [2.05, 4.69) is 64.1 Å². The molecular weight excluding hydrogens is 478 g/mol. The van der Waals surface area contributed by atoms with Gasteiger partial charge in [-0.05, 0) is 68.4 Å². The number of phenols is 1. The zero-order chi connectivity index (χ0) is 26.6.